The van der Waals surface area contributed by atoms with Crippen LogP contribution in [0, 0.1) is 5.82 Å². The highest BCUT2D eigenvalue weighted by Crippen LogP contribution is 2.34. The van der Waals surface area contributed by atoms with Crippen molar-refractivity contribution in [1.82, 2.24) is 19.9 Å². The first-order valence-electron chi connectivity index (χ1n) is 9.30. The number of piperidine rings is 1. The smallest absolute Gasteiger partial charge is 0.407 e. The van der Waals surface area contributed by atoms with E-state index in [1.807, 2.05) is 6.20 Å². The average molecular weight is 433 g/mol. The van der Waals surface area contributed by atoms with Gasteiger partial charge in [-0.15, -0.1) is 0 Å². The van der Waals surface area contributed by atoms with Gasteiger partial charge in [-0.2, -0.15) is 0 Å². The summed E-state index contributed by atoms with van der Waals surface area (Å²) in [7, 11) is -3.51. The number of fused-ring (bicyclic) bond motifs is 1. The fourth-order valence-electron chi connectivity index (χ4n) is 3.70. The molecule has 9 nitrogen and oxygen atoms in total. The van der Waals surface area contributed by atoms with Crippen LogP contribution in [0.2, 0.25) is 0 Å². The van der Waals surface area contributed by atoms with Crippen molar-refractivity contribution in [2.45, 2.75) is 23.7 Å². The number of hydrogen-bond acceptors (Lipinski definition) is 6. The Hall–Kier alpha value is -3.21. The Morgan fingerprint density at radius 1 is 1.30 bits per heavy atom. The molecule has 1 aliphatic rings. The minimum atomic E-state index is -3.51. The molecule has 1 aromatic carbocycles. The summed E-state index contributed by atoms with van der Waals surface area (Å²) in [5.41, 5.74) is 2.34. The van der Waals surface area contributed by atoms with Gasteiger partial charge in [0, 0.05) is 25.5 Å². The van der Waals surface area contributed by atoms with E-state index in [0.717, 1.165) is 17.9 Å². The number of carboxylic acid groups (broad SMARTS) is 1. The number of aromatic amines is 1. The molecular formula is C19H20FN5O4S. The Bertz CT molecular complexity index is 1220. The topological polar surface area (TPSA) is 128 Å². The SMILES string of the molecule is CS(=O)(=O)c1ccc(Nc2ncnc3c(C4CCN(C(=O)O)CC4)c[nH]c23)c(F)c1. The quantitative estimate of drug-likeness (QED) is 0.577. The van der Waals surface area contributed by atoms with Crippen LogP contribution in [0.25, 0.3) is 11.0 Å². The zero-order valence-corrected chi connectivity index (χ0v) is 16.9. The summed E-state index contributed by atoms with van der Waals surface area (Å²) in [6.45, 7) is 0.918. The molecule has 2 aromatic heterocycles. The Morgan fingerprint density at radius 3 is 2.67 bits per heavy atom. The summed E-state index contributed by atoms with van der Waals surface area (Å²) in [6, 6.07) is 3.65. The fourth-order valence-corrected chi connectivity index (χ4v) is 4.34. The van der Waals surface area contributed by atoms with Crippen LogP contribution in [0.4, 0.5) is 20.7 Å². The van der Waals surface area contributed by atoms with Crippen molar-refractivity contribution < 1.29 is 22.7 Å². The van der Waals surface area contributed by atoms with Crippen molar-refractivity contribution in [3.8, 4) is 0 Å². The van der Waals surface area contributed by atoms with E-state index in [-0.39, 0.29) is 16.5 Å². The van der Waals surface area contributed by atoms with Crippen molar-refractivity contribution in [1.29, 1.82) is 0 Å². The molecule has 30 heavy (non-hydrogen) atoms. The monoisotopic (exact) mass is 433 g/mol. The molecule has 4 rings (SSSR count). The number of likely N-dealkylation sites (tertiary alicyclic amines) is 1. The van der Waals surface area contributed by atoms with E-state index in [1.165, 1.54) is 23.4 Å². The van der Waals surface area contributed by atoms with Gasteiger partial charge in [0.05, 0.1) is 16.1 Å². The molecule has 0 saturated carbocycles. The van der Waals surface area contributed by atoms with Crippen LogP contribution in [-0.4, -0.2) is 58.8 Å². The third-order valence-electron chi connectivity index (χ3n) is 5.32. The maximum absolute atomic E-state index is 14.4. The van der Waals surface area contributed by atoms with Crippen LogP contribution in [0.5, 0.6) is 0 Å². The van der Waals surface area contributed by atoms with Gasteiger partial charge in [-0.3, -0.25) is 0 Å². The number of aromatic nitrogens is 3. The molecule has 3 aromatic rings. The first kappa shape index (κ1) is 20.1. The lowest BCUT2D eigenvalue weighted by atomic mass is 9.90. The van der Waals surface area contributed by atoms with E-state index in [4.69, 9.17) is 5.11 Å². The van der Waals surface area contributed by atoms with Crippen LogP contribution in [0.1, 0.15) is 24.3 Å². The second-order valence-electron chi connectivity index (χ2n) is 7.27. The van der Waals surface area contributed by atoms with Crippen molar-refractivity contribution in [2.24, 2.45) is 0 Å². The minimum absolute atomic E-state index is 0.0910. The number of benzene rings is 1. The van der Waals surface area contributed by atoms with Crippen molar-refractivity contribution in [2.75, 3.05) is 24.7 Å². The van der Waals surface area contributed by atoms with E-state index in [2.05, 4.69) is 20.3 Å². The molecule has 0 aliphatic carbocycles. The highest BCUT2D eigenvalue weighted by atomic mass is 32.2. The number of sulfone groups is 1. The third kappa shape index (κ3) is 3.80. The maximum atomic E-state index is 14.4. The lowest BCUT2D eigenvalue weighted by Gasteiger charge is -2.29. The Morgan fingerprint density at radius 2 is 2.03 bits per heavy atom. The van der Waals surface area contributed by atoms with Crippen LogP contribution in [0.15, 0.2) is 35.6 Å². The number of H-pyrrole nitrogens is 1. The highest BCUT2D eigenvalue weighted by Gasteiger charge is 2.26. The zero-order valence-electron chi connectivity index (χ0n) is 16.1. The summed E-state index contributed by atoms with van der Waals surface area (Å²) in [5, 5.41) is 12.0. The number of nitrogens with zero attached hydrogens (tertiary/aromatic N) is 3. The largest absolute Gasteiger partial charge is 0.465 e. The number of anilines is 2. The second kappa shape index (κ2) is 7.56. The normalized spacial score (nSPS) is 15.5. The first-order valence-corrected chi connectivity index (χ1v) is 11.2. The summed E-state index contributed by atoms with van der Waals surface area (Å²) < 4.78 is 37.6. The summed E-state index contributed by atoms with van der Waals surface area (Å²) in [5.74, 6) is -0.194. The zero-order chi connectivity index (χ0) is 21.5. The van der Waals surface area contributed by atoms with E-state index >= 15 is 0 Å². The molecule has 0 atom stereocenters. The molecule has 3 N–H and O–H groups in total. The highest BCUT2D eigenvalue weighted by molar-refractivity contribution is 7.90. The summed E-state index contributed by atoms with van der Waals surface area (Å²) in [6.07, 6.45) is 4.68. The number of carbonyl (C=O) groups is 1. The van der Waals surface area contributed by atoms with Gasteiger partial charge < -0.3 is 20.3 Å². The Balaban J connectivity index is 1.61. The first-order chi connectivity index (χ1) is 14.2. The van der Waals surface area contributed by atoms with Gasteiger partial charge in [0.15, 0.2) is 15.7 Å². The standard InChI is InChI=1S/C19H20FN5O4S/c1-30(28,29)12-2-3-15(14(20)8-12)24-18-17-16(22-10-23-18)13(9-21-17)11-4-6-25(7-5-11)19(26)27/h2-3,8-11,21H,4-7H2,1H3,(H,26,27)(H,22,23,24). The van der Waals surface area contributed by atoms with Gasteiger partial charge in [0.25, 0.3) is 0 Å². The predicted molar refractivity (Wildman–Crippen MR) is 108 cm³/mol. The molecule has 1 amide bonds. The lowest BCUT2D eigenvalue weighted by molar-refractivity contribution is 0.132. The molecule has 1 aliphatic heterocycles. The van der Waals surface area contributed by atoms with Gasteiger partial charge in [0.2, 0.25) is 0 Å². The molecule has 0 bridgehead atoms. The predicted octanol–water partition coefficient (Wildman–Crippen LogP) is 3.10. The van der Waals surface area contributed by atoms with Gasteiger partial charge in [-0.05, 0) is 42.5 Å². The van der Waals surface area contributed by atoms with Gasteiger partial charge >= 0.3 is 6.09 Å². The van der Waals surface area contributed by atoms with Gasteiger partial charge in [-0.25, -0.2) is 27.6 Å². The van der Waals surface area contributed by atoms with Crippen LogP contribution in [-0.2, 0) is 9.84 Å². The lowest BCUT2D eigenvalue weighted by Crippen LogP contribution is -2.36. The van der Waals surface area contributed by atoms with Crippen molar-refractivity contribution in [3.05, 3.63) is 42.1 Å². The molecule has 1 saturated heterocycles. The van der Waals surface area contributed by atoms with Crippen LogP contribution < -0.4 is 5.32 Å². The number of rotatable bonds is 4. The molecule has 11 heteroatoms. The van der Waals surface area contributed by atoms with E-state index < -0.39 is 21.7 Å². The molecule has 158 valence electrons. The van der Waals surface area contributed by atoms with E-state index in [0.29, 0.717) is 42.8 Å². The van der Waals surface area contributed by atoms with E-state index in [1.54, 1.807) is 0 Å². The van der Waals surface area contributed by atoms with Crippen LogP contribution >= 0.6 is 0 Å². The van der Waals surface area contributed by atoms with Gasteiger partial charge in [-0.1, -0.05) is 0 Å². The maximum Gasteiger partial charge on any atom is 0.407 e. The molecule has 0 spiro atoms. The molecular weight excluding hydrogens is 413 g/mol. The molecule has 1 fully saturated rings. The number of amides is 1. The summed E-state index contributed by atoms with van der Waals surface area (Å²) >= 11 is 0. The van der Waals surface area contributed by atoms with E-state index in [9.17, 15) is 17.6 Å². The van der Waals surface area contributed by atoms with Gasteiger partial charge in [0.1, 0.15) is 17.7 Å². The molecule has 3 heterocycles. The number of hydrogen-bond donors (Lipinski definition) is 3. The minimum Gasteiger partial charge on any atom is -0.465 e. The molecule has 0 unspecified atom stereocenters. The Kier molecular flexibility index (Phi) is 5.06. The second-order valence-corrected chi connectivity index (χ2v) is 9.29. The average Bonchev–Trinajstić information content (AvgIpc) is 3.14. The third-order valence-corrected chi connectivity index (χ3v) is 6.43. The van der Waals surface area contributed by atoms with Crippen molar-refractivity contribution >= 4 is 38.5 Å². The molecule has 0 radical (unpaired) electrons. The fraction of sp³-hybridized carbons (Fsp3) is 0.316. The summed E-state index contributed by atoms with van der Waals surface area (Å²) in [4.78, 5) is 24.1. The van der Waals surface area contributed by atoms with Crippen LogP contribution in [0.3, 0.4) is 0 Å². The Labute approximate surface area is 171 Å². The number of nitrogens with one attached hydrogen (secondary N) is 2. The van der Waals surface area contributed by atoms with Crippen molar-refractivity contribution in [3.63, 3.8) is 0 Å². The number of halogens is 1.